The van der Waals surface area contributed by atoms with Crippen LogP contribution in [0.3, 0.4) is 0 Å². The molecule has 0 fully saturated rings. The maximum atomic E-state index is 13.3. The Kier molecular flexibility index (Phi) is 7.95. The number of para-hydroxylation sites is 1. The second-order valence-electron chi connectivity index (χ2n) is 7.37. The molecule has 0 atom stereocenters. The van der Waals surface area contributed by atoms with Gasteiger partial charge < -0.3 is 15.1 Å². The summed E-state index contributed by atoms with van der Waals surface area (Å²) in [6.07, 6.45) is 2.38. The van der Waals surface area contributed by atoms with E-state index in [0.29, 0.717) is 11.6 Å². The minimum absolute atomic E-state index is 0.0396. The molecule has 32 heavy (non-hydrogen) atoms. The highest BCUT2D eigenvalue weighted by atomic mass is 35.5. The molecular formula is C23H23ClN2O5S. The molecule has 2 N–H and O–H groups in total. The summed E-state index contributed by atoms with van der Waals surface area (Å²) in [4.78, 5) is 38.7. The molecule has 0 saturated carbocycles. The van der Waals surface area contributed by atoms with E-state index >= 15 is 0 Å². The number of carbonyl (C=O) groups is 3. The molecule has 2 aromatic carbocycles. The van der Waals surface area contributed by atoms with E-state index in [1.165, 1.54) is 0 Å². The summed E-state index contributed by atoms with van der Waals surface area (Å²) < 4.78 is 0. The first-order valence-electron chi connectivity index (χ1n) is 9.98. The van der Waals surface area contributed by atoms with Crippen LogP contribution in [-0.2, 0) is 14.4 Å². The molecule has 0 saturated heterocycles. The van der Waals surface area contributed by atoms with E-state index in [1.54, 1.807) is 11.8 Å². The first-order chi connectivity index (χ1) is 15.3. The molecule has 0 bridgehead atoms. The van der Waals surface area contributed by atoms with Crippen LogP contribution < -0.4 is 4.90 Å². The van der Waals surface area contributed by atoms with Gasteiger partial charge in [-0.25, -0.2) is 0 Å². The topological polar surface area (TPSA) is 98.2 Å². The van der Waals surface area contributed by atoms with E-state index in [1.807, 2.05) is 48.3 Å². The third-order valence-electron chi connectivity index (χ3n) is 4.86. The van der Waals surface area contributed by atoms with Crippen molar-refractivity contribution in [2.75, 3.05) is 25.0 Å². The summed E-state index contributed by atoms with van der Waals surface area (Å²) in [6.45, 7) is 1.67. The SMILES string of the molecule is CN1CCC=C(C(=O)N2c3ccccc3Sc3ccc(Cl)cc32)C1.O=C(O)CCC(=O)O. The van der Waals surface area contributed by atoms with Gasteiger partial charge in [-0.1, -0.05) is 41.6 Å². The molecular weight excluding hydrogens is 452 g/mol. The zero-order valence-corrected chi connectivity index (χ0v) is 19.0. The summed E-state index contributed by atoms with van der Waals surface area (Å²) in [5.74, 6) is -2.11. The highest BCUT2D eigenvalue weighted by Gasteiger charge is 2.31. The molecule has 9 heteroatoms. The van der Waals surface area contributed by atoms with Crippen LogP contribution in [0.2, 0.25) is 5.02 Å². The number of halogens is 1. The number of carbonyl (C=O) groups excluding carboxylic acids is 1. The first kappa shape index (κ1) is 23.8. The Labute approximate surface area is 195 Å². The predicted octanol–water partition coefficient (Wildman–Crippen LogP) is 4.67. The summed E-state index contributed by atoms with van der Waals surface area (Å²) in [6, 6.07) is 13.8. The van der Waals surface area contributed by atoms with Gasteiger partial charge in [-0.3, -0.25) is 19.3 Å². The van der Waals surface area contributed by atoms with Crippen molar-refractivity contribution < 1.29 is 24.6 Å². The van der Waals surface area contributed by atoms with Gasteiger partial charge in [0.2, 0.25) is 0 Å². The van der Waals surface area contributed by atoms with Gasteiger partial charge in [-0.05, 0) is 43.8 Å². The Bertz CT molecular complexity index is 1060. The van der Waals surface area contributed by atoms with E-state index in [-0.39, 0.29) is 18.7 Å². The van der Waals surface area contributed by atoms with Gasteiger partial charge in [0.1, 0.15) is 0 Å². The number of hydrogen-bond donors (Lipinski definition) is 2. The van der Waals surface area contributed by atoms with E-state index in [0.717, 1.165) is 39.7 Å². The number of hydrogen-bond acceptors (Lipinski definition) is 5. The Morgan fingerprint density at radius 3 is 2.31 bits per heavy atom. The molecule has 2 aliphatic rings. The third-order valence-corrected chi connectivity index (χ3v) is 6.23. The minimum atomic E-state index is -1.08. The van der Waals surface area contributed by atoms with Gasteiger partial charge in [0.15, 0.2) is 0 Å². The Balaban J connectivity index is 0.000000312. The van der Waals surface area contributed by atoms with Crippen LogP contribution >= 0.6 is 23.4 Å². The fourth-order valence-electron chi connectivity index (χ4n) is 3.35. The van der Waals surface area contributed by atoms with E-state index < -0.39 is 11.9 Å². The lowest BCUT2D eigenvalue weighted by atomic mass is 10.1. The lowest BCUT2D eigenvalue weighted by molar-refractivity contribution is -0.143. The largest absolute Gasteiger partial charge is 0.481 e. The van der Waals surface area contributed by atoms with Gasteiger partial charge in [0, 0.05) is 33.5 Å². The zero-order valence-electron chi connectivity index (χ0n) is 17.5. The molecule has 0 radical (unpaired) electrons. The van der Waals surface area contributed by atoms with Crippen molar-refractivity contribution in [2.45, 2.75) is 29.1 Å². The van der Waals surface area contributed by atoms with E-state index in [2.05, 4.69) is 17.0 Å². The minimum Gasteiger partial charge on any atom is -0.481 e. The first-order valence-corrected chi connectivity index (χ1v) is 11.2. The fourth-order valence-corrected chi connectivity index (χ4v) is 4.56. The molecule has 0 unspecified atom stereocenters. The summed E-state index contributed by atoms with van der Waals surface area (Å²) in [5, 5.41) is 16.4. The number of benzene rings is 2. The Morgan fingerprint density at radius 2 is 1.66 bits per heavy atom. The van der Waals surface area contributed by atoms with Gasteiger partial charge in [0.05, 0.1) is 24.2 Å². The fraction of sp³-hybridized carbons (Fsp3) is 0.261. The van der Waals surface area contributed by atoms with Crippen molar-refractivity contribution >= 4 is 52.6 Å². The number of amides is 1. The average Bonchev–Trinajstić information content (AvgIpc) is 2.76. The van der Waals surface area contributed by atoms with E-state index in [9.17, 15) is 14.4 Å². The lowest BCUT2D eigenvalue weighted by Gasteiger charge is -2.33. The molecule has 2 heterocycles. The number of aliphatic carboxylic acids is 2. The smallest absolute Gasteiger partial charge is 0.303 e. The maximum Gasteiger partial charge on any atom is 0.303 e. The van der Waals surface area contributed by atoms with Crippen molar-refractivity contribution in [1.82, 2.24) is 4.90 Å². The predicted molar refractivity (Wildman–Crippen MR) is 124 cm³/mol. The molecule has 0 aromatic heterocycles. The van der Waals surface area contributed by atoms with Crippen LogP contribution in [0, 0.1) is 0 Å². The van der Waals surface area contributed by atoms with Crippen LogP contribution in [0.15, 0.2) is 63.9 Å². The second-order valence-corrected chi connectivity index (χ2v) is 8.89. The van der Waals surface area contributed by atoms with Crippen molar-refractivity contribution in [3.05, 3.63) is 59.1 Å². The van der Waals surface area contributed by atoms with Gasteiger partial charge in [-0.2, -0.15) is 0 Å². The second kappa shape index (κ2) is 10.7. The van der Waals surface area contributed by atoms with Gasteiger partial charge >= 0.3 is 11.9 Å². The van der Waals surface area contributed by atoms with Crippen LogP contribution in [0.5, 0.6) is 0 Å². The van der Waals surface area contributed by atoms with Crippen LogP contribution in [0.25, 0.3) is 0 Å². The number of anilines is 2. The van der Waals surface area contributed by atoms with Crippen LogP contribution in [-0.4, -0.2) is 53.1 Å². The molecule has 168 valence electrons. The quantitative estimate of drug-likeness (QED) is 0.664. The summed E-state index contributed by atoms with van der Waals surface area (Å²) >= 11 is 7.89. The number of carboxylic acid groups (broad SMARTS) is 2. The van der Waals surface area contributed by atoms with Crippen LogP contribution in [0.4, 0.5) is 11.4 Å². The average molecular weight is 475 g/mol. The molecule has 1 amide bonds. The summed E-state index contributed by atoms with van der Waals surface area (Å²) in [5.41, 5.74) is 2.64. The molecule has 7 nitrogen and oxygen atoms in total. The molecule has 0 aliphatic carbocycles. The van der Waals surface area contributed by atoms with Crippen molar-refractivity contribution in [3.63, 3.8) is 0 Å². The zero-order chi connectivity index (χ0) is 23.3. The normalized spacial score (nSPS) is 14.9. The number of fused-ring (bicyclic) bond motifs is 2. The van der Waals surface area contributed by atoms with Gasteiger partial charge in [0.25, 0.3) is 5.91 Å². The van der Waals surface area contributed by atoms with Crippen molar-refractivity contribution in [2.24, 2.45) is 0 Å². The van der Waals surface area contributed by atoms with Gasteiger partial charge in [-0.15, -0.1) is 0 Å². The number of carboxylic acids is 2. The Hall–Kier alpha value is -2.81. The lowest BCUT2D eigenvalue weighted by Crippen LogP contribution is -2.36. The number of nitrogens with zero attached hydrogens (tertiary/aromatic N) is 2. The monoisotopic (exact) mass is 474 g/mol. The standard InChI is InChI=1S/C19H17ClN2OS.C4H6O4/c1-21-10-4-5-13(12-21)19(23)22-15-6-2-3-7-17(15)24-18-9-8-14(20)11-16(18)22;5-3(6)1-2-4(7)8/h2-3,5-9,11H,4,10,12H2,1H3;1-2H2,(H,5,6)(H,7,8). The molecule has 4 rings (SSSR count). The molecule has 0 spiro atoms. The van der Waals surface area contributed by atoms with E-state index in [4.69, 9.17) is 21.8 Å². The molecule has 2 aliphatic heterocycles. The summed E-state index contributed by atoms with van der Waals surface area (Å²) in [7, 11) is 2.05. The number of rotatable bonds is 4. The highest BCUT2D eigenvalue weighted by molar-refractivity contribution is 7.99. The number of likely N-dealkylation sites (N-methyl/N-ethyl adjacent to an activating group) is 1. The molecule has 2 aromatic rings. The highest BCUT2D eigenvalue weighted by Crippen LogP contribution is 2.49. The Morgan fingerprint density at radius 1 is 1.00 bits per heavy atom. The van der Waals surface area contributed by atoms with Crippen LogP contribution in [0.1, 0.15) is 19.3 Å². The third kappa shape index (κ3) is 5.91. The maximum absolute atomic E-state index is 13.3. The van der Waals surface area contributed by atoms with Crippen molar-refractivity contribution in [1.29, 1.82) is 0 Å². The van der Waals surface area contributed by atoms with Crippen molar-refractivity contribution in [3.8, 4) is 0 Å².